The first-order chi connectivity index (χ1) is 7.22. The molecule has 2 aromatic rings. The quantitative estimate of drug-likeness (QED) is 0.907. The van der Waals surface area contributed by atoms with Gasteiger partial charge in [-0.2, -0.15) is 0 Å². The summed E-state index contributed by atoms with van der Waals surface area (Å²) in [6.07, 6.45) is 0. The number of hydrogen-bond donors (Lipinski definition) is 1. The van der Waals surface area contributed by atoms with Gasteiger partial charge in [0.1, 0.15) is 0 Å². The Morgan fingerprint density at radius 3 is 2.47 bits per heavy atom. The summed E-state index contributed by atoms with van der Waals surface area (Å²) in [5.74, 6) is 0.646. The second-order valence-electron chi connectivity index (χ2n) is 3.24. The van der Waals surface area contributed by atoms with Crippen LogP contribution in [0.1, 0.15) is 5.56 Å². The molecule has 15 heavy (non-hydrogen) atoms. The Kier molecular flexibility index (Phi) is 2.77. The molecule has 0 unspecified atom stereocenters. The lowest BCUT2D eigenvalue weighted by molar-refractivity contribution is 0.394. The second-order valence-corrected chi connectivity index (χ2v) is 4.16. The standard InChI is InChI=1S/C11H11BrN2O/c1-7-10(13-14-11(7)15-2)8-3-5-9(12)6-4-8/h3-6H,1-2H3,(H,13,14). The van der Waals surface area contributed by atoms with E-state index in [1.165, 1.54) is 0 Å². The highest BCUT2D eigenvalue weighted by atomic mass is 79.9. The number of halogens is 1. The smallest absolute Gasteiger partial charge is 0.235 e. The van der Waals surface area contributed by atoms with Gasteiger partial charge in [0.25, 0.3) is 0 Å². The maximum Gasteiger partial charge on any atom is 0.235 e. The summed E-state index contributed by atoms with van der Waals surface area (Å²) in [7, 11) is 1.62. The topological polar surface area (TPSA) is 37.9 Å². The third-order valence-electron chi connectivity index (χ3n) is 2.29. The van der Waals surface area contributed by atoms with Crippen LogP contribution in [0.5, 0.6) is 5.88 Å². The fourth-order valence-electron chi connectivity index (χ4n) is 1.48. The Morgan fingerprint density at radius 1 is 1.27 bits per heavy atom. The molecule has 1 aromatic carbocycles. The fraction of sp³-hybridized carbons (Fsp3) is 0.182. The first-order valence-corrected chi connectivity index (χ1v) is 5.36. The van der Waals surface area contributed by atoms with Crippen LogP contribution in [0, 0.1) is 6.92 Å². The van der Waals surface area contributed by atoms with Crippen LogP contribution in [0.4, 0.5) is 0 Å². The van der Waals surface area contributed by atoms with Crippen LogP contribution in [0.2, 0.25) is 0 Å². The molecule has 0 aliphatic carbocycles. The van der Waals surface area contributed by atoms with E-state index in [0.717, 1.165) is 21.3 Å². The van der Waals surface area contributed by atoms with Gasteiger partial charge in [0, 0.05) is 15.6 Å². The van der Waals surface area contributed by atoms with Crippen LogP contribution in [0.25, 0.3) is 11.3 Å². The molecular formula is C11H11BrN2O. The molecule has 0 atom stereocenters. The van der Waals surface area contributed by atoms with E-state index in [1.807, 2.05) is 31.2 Å². The number of hydrogen-bond acceptors (Lipinski definition) is 2. The normalized spacial score (nSPS) is 10.3. The summed E-state index contributed by atoms with van der Waals surface area (Å²) in [5, 5.41) is 7.04. The van der Waals surface area contributed by atoms with Gasteiger partial charge in [0.2, 0.25) is 5.88 Å². The molecule has 0 saturated heterocycles. The minimum Gasteiger partial charge on any atom is -0.480 e. The van der Waals surface area contributed by atoms with Gasteiger partial charge in [-0.1, -0.05) is 28.1 Å². The highest BCUT2D eigenvalue weighted by Gasteiger charge is 2.10. The third kappa shape index (κ3) is 1.90. The number of nitrogens with zero attached hydrogens (tertiary/aromatic N) is 1. The molecule has 0 aliphatic heterocycles. The molecule has 0 radical (unpaired) electrons. The van der Waals surface area contributed by atoms with Gasteiger partial charge >= 0.3 is 0 Å². The van der Waals surface area contributed by atoms with E-state index in [2.05, 4.69) is 26.1 Å². The second kappa shape index (κ2) is 4.06. The molecule has 2 rings (SSSR count). The van der Waals surface area contributed by atoms with Crippen LogP contribution in [0.15, 0.2) is 28.7 Å². The molecular weight excluding hydrogens is 256 g/mol. The Balaban J connectivity index is 2.45. The van der Waals surface area contributed by atoms with Gasteiger partial charge in [-0.15, -0.1) is 5.10 Å². The predicted molar refractivity (Wildman–Crippen MR) is 63.0 cm³/mol. The molecule has 1 aromatic heterocycles. The van der Waals surface area contributed by atoms with Crippen molar-refractivity contribution >= 4 is 15.9 Å². The highest BCUT2D eigenvalue weighted by Crippen LogP contribution is 2.27. The largest absolute Gasteiger partial charge is 0.480 e. The summed E-state index contributed by atoms with van der Waals surface area (Å²) in [4.78, 5) is 0. The molecule has 78 valence electrons. The molecule has 0 amide bonds. The van der Waals surface area contributed by atoms with E-state index in [1.54, 1.807) is 7.11 Å². The summed E-state index contributed by atoms with van der Waals surface area (Å²) < 4.78 is 6.18. The first-order valence-electron chi connectivity index (χ1n) is 4.57. The van der Waals surface area contributed by atoms with Crippen molar-refractivity contribution in [3.63, 3.8) is 0 Å². The molecule has 0 fully saturated rings. The zero-order valence-electron chi connectivity index (χ0n) is 8.54. The minimum atomic E-state index is 0.646. The number of aromatic amines is 1. The van der Waals surface area contributed by atoms with E-state index in [-0.39, 0.29) is 0 Å². The van der Waals surface area contributed by atoms with Crippen molar-refractivity contribution in [2.75, 3.05) is 7.11 Å². The average molecular weight is 267 g/mol. The van der Waals surface area contributed by atoms with Crippen LogP contribution in [-0.4, -0.2) is 17.3 Å². The number of rotatable bonds is 2. The minimum absolute atomic E-state index is 0.646. The van der Waals surface area contributed by atoms with E-state index >= 15 is 0 Å². The molecule has 0 saturated carbocycles. The van der Waals surface area contributed by atoms with E-state index < -0.39 is 0 Å². The fourth-order valence-corrected chi connectivity index (χ4v) is 1.74. The summed E-state index contributed by atoms with van der Waals surface area (Å²) in [6.45, 7) is 1.99. The van der Waals surface area contributed by atoms with Crippen LogP contribution in [0.3, 0.4) is 0 Å². The average Bonchev–Trinajstić information content (AvgIpc) is 2.61. The maximum atomic E-state index is 5.12. The van der Waals surface area contributed by atoms with Crippen molar-refractivity contribution in [3.05, 3.63) is 34.3 Å². The summed E-state index contributed by atoms with van der Waals surface area (Å²) >= 11 is 3.40. The Labute approximate surface area is 96.6 Å². The van der Waals surface area contributed by atoms with Crippen molar-refractivity contribution in [1.82, 2.24) is 10.2 Å². The Bertz CT molecular complexity index is 462. The lowest BCUT2D eigenvalue weighted by Crippen LogP contribution is -1.84. The maximum absolute atomic E-state index is 5.12. The number of methoxy groups -OCH3 is 1. The number of nitrogens with one attached hydrogen (secondary N) is 1. The predicted octanol–water partition coefficient (Wildman–Crippen LogP) is 3.16. The van der Waals surface area contributed by atoms with Crippen LogP contribution in [-0.2, 0) is 0 Å². The zero-order chi connectivity index (χ0) is 10.8. The molecule has 4 heteroatoms. The van der Waals surface area contributed by atoms with E-state index in [9.17, 15) is 0 Å². The number of H-pyrrole nitrogens is 1. The summed E-state index contributed by atoms with van der Waals surface area (Å²) in [6, 6.07) is 8.07. The molecule has 0 spiro atoms. The van der Waals surface area contributed by atoms with Gasteiger partial charge in [-0.3, -0.25) is 5.10 Å². The first kappa shape index (κ1) is 10.2. The van der Waals surface area contributed by atoms with E-state index in [0.29, 0.717) is 5.88 Å². The van der Waals surface area contributed by atoms with Crippen molar-refractivity contribution in [1.29, 1.82) is 0 Å². The van der Waals surface area contributed by atoms with Gasteiger partial charge in [-0.05, 0) is 19.1 Å². The van der Waals surface area contributed by atoms with Crippen molar-refractivity contribution in [2.24, 2.45) is 0 Å². The monoisotopic (exact) mass is 266 g/mol. The molecule has 1 heterocycles. The number of ether oxygens (including phenoxy) is 1. The van der Waals surface area contributed by atoms with Crippen LogP contribution >= 0.6 is 15.9 Å². The van der Waals surface area contributed by atoms with E-state index in [4.69, 9.17) is 4.74 Å². The van der Waals surface area contributed by atoms with Crippen molar-refractivity contribution in [2.45, 2.75) is 6.92 Å². The van der Waals surface area contributed by atoms with Gasteiger partial charge < -0.3 is 4.74 Å². The molecule has 0 bridgehead atoms. The lowest BCUT2D eigenvalue weighted by Gasteiger charge is -2.00. The third-order valence-corrected chi connectivity index (χ3v) is 2.82. The molecule has 0 aliphatic rings. The van der Waals surface area contributed by atoms with Crippen LogP contribution < -0.4 is 4.74 Å². The Morgan fingerprint density at radius 2 is 1.93 bits per heavy atom. The van der Waals surface area contributed by atoms with Crippen molar-refractivity contribution < 1.29 is 4.74 Å². The lowest BCUT2D eigenvalue weighted by atomic mass is 10.1. The van der Waals surface area contributed by atoms with Gasteiger partial charge in [0.05, 0.1) is 12.8 Å². The Hall–Kier alpha value is -1.29. The van der Waals surface area contributed by atoms with Gasteiger partial charge in [0.15, 0.2) is 0 Å². The number of aromatic nitrogens is 2. The van der Waals surface area contributed by atoms with Gasteiger partial charge in [-0.25, -0.2) is 0 Å². The number of benzene rings is 1. The summed E-state index contributed by atoms with van der Waals surface area (Å²) in [5.41, 5.74) is 3.13. The van der Waals surface area contributed by atoms with Crippen molar-refractivity contribution in [3.8, 4) is 17.1 Å². The SMILES string of the molecule is COc1n[nH]c(-c2ccc(Br)cc2)c1C. The zero-order valence-corrected chi connectivity index (χ0v) is 10.1. The highest BCUT2D eigenvalue weighted by molar-refractivity contribution is 9.10. The molecule has 1 N–H and O–H groups in total. The molecule has 3 nitrogen and oxygen atoms in total.